The molecule has 5 nitrogen and oxygen atoms in total. The Bertz CT molecular complexity index is 752. The minimum absolute atomic E-state index is 0.112. The number of para-hydroxylation sites is 1. The summed E-state index contributed by atoms with van der Waals surface area (Å²) in [5, 5.41) is 3.66. The van der Waals surface area contributed by atoms with Crippen LogP contribution in [0.15, 0.2) is 34.9 Å². The third-order valence-electron chi connectivity index (χ3n) is 5.12. The zero-order chi connectivity index (χ0) is 15.8. The molecule has 5 heteroatoms. The molecule has 23 heavy (non-hydrogen) atoms. The summed E-state index contributed by atoms with van der Waals surface area (Å²) in [7, 11) is 0. The summed E-state index contributed by atoms with van der Waals surface area (Å²) in [5.41, 5.74) is 0.975. The van der Waals surface area contributed by atoms with E-state index in [0.717, 1.165) is 32.5 Å². The Morgan fingerprint density at radius 3 is 2.96 bits per heavy atom. The molecule has 3 unspecified atom stereocenters. The van der Waals surface area contributed by atoms with Crippen LogP contribution in [0.4, 0.5) is 0 Å². The first kappa shape index (κ1) is 14.5. The monoisotopic (exact) mass is 312 g/mol. The Kier molecular flexibility index (Phi) is 3.65. The van der Waals surface area contributed by atoms with Crippen LogP contribution < -0.4 is 5.32 Å². The zero-order valence-electron chi connectivity index (χ0n) is 13.0. The SMILES string of the molecule is O=C(NC1CCN2CCCC1C2)C(=O)c1coc2ccccc12. The number of ketones is 1. The van der Waals surface area contributed by atoms with Gasteiger partial charge in [-0.2, -0.15) is 0 Å². The summed E-state index contributed by atoms with van der Waals surface area (Å²) in [5.74, 6) is -0.552. The highest BCUT2D eigenvalue weighted by Crippen LogP contribution is 2.27. The van der Waals surface area contributed by atoms with Crippen molar-refractivity contribution in [2.75, 3.05) is 19.6 Å². The second-order valence-corrected chi connectivity index (χ2v) is 6.55. The number of piperidine rings is 2. The molecule has 0 aliphatic carbocycles. The van der Waals surface area contributed by atoms with Crippen molar-refractivity contribution >= 4 is 22.7 Å². The van der Waals surface area contributed by atoms with Crippen molar-refractivity contribution in [2.45, 2.75) is 25.3 Å². The van der Waals surface area contributed by atoms with Gasteiger partial charge in [-0.15, -0.1) is 0 Å². The van der Waals surface area contributed by atoms with Gasteiger partial charge in [-0.05, 0) is 37.8 Å². The largest absolute Gasteiger partial charge is 0.464 e. The maximum Gasteiger partial charge on any atom is 0.292 e. The highest BCUT2D eigenvalue weighted by atomic mass is 16.3. The van der Waals surface area contributed by atoms with Crippen LogP contribution in [0, 0.1) is 5.92 Å². The fraction of sp³-hybridized carbons (Fsp3) is 0.444. The summed E-state index contributed by atoms with van der Waals surface area (Å²) in [6, 6.07) is 7.39. The Morgan fingerprint density at radius 2 is 2.04 bits per heavy atom. The molecule has 1 N–H and O–H groups in total. The second-order valence-electron chi connectivity index (χ2n) is 6.55. The fourth-order valence-electron chi connectivity index (χ4n) is 3.88. The van der Waals surface area contributed by atoms with E-state index in [1.165, 1.54) is 12.7 Å². The molecule has 3 heterocycles. The molecule has 0 spiro atoms. The van der Waals surface area contributed by atoms with Crippen LogP contribution in [-0.4, -0.2) is 42.3 Å². The lowest BCUT2D eigenvalue weighted by atomic mass is 9.85. The van der Waals surface area contributed by atoms with Crippen LogP contribution in [0.1, 0.15) is 29.6 Å². The normalized spacial score (nSPS) is 26.9. The van der Waals surface area contributed by atoms with Crippen LogP contribution in [0.2, 0.25) is 0 Å². The first-order valence-electron chi connectivity index (χ1n) is 8.26. The van der Waals surface area contributed by atoms with E-state index in [1.54, 1.807) is 12.1 Å². The minimum atomic E-state index is -0.513. The number of rotatable bonds is 3. The number of Topliss-reactive ketones (excluding diaryl/α,β-unsaturated/α-hetero) is 1. The molecule has 2 bridgehead atoms. The van der Waals surface area contributed by atoms with Crippen molar-refractivity contribution in [1.82, 2.24) is 10.2 Å². The lowest BCUT2D eigenvalue weighted by molar-refractivity contribution is -0.118. The Hall–Kier alpha value is -2.14. The van der Waals surface area contributed by atoms with E-state index in [1.807, 2.05) is 12.1 Å². The molecule has 1 aromatic heterocycles. The number of nitrogens with zero attached hydrogens (tertiary/aromatic N) is 1. The van der Waals surface area contributed by atoms with E-state index in [4.69, 9.17) is 4.42 Å². The number of benzene rings is 1. The molecule has 4 rings (SSSR count). The Morgan fingerprint density at radius 1 is 1.17 bits per heavy atom. The maximum absolute atomic E-state index is 12.5. The number of nitrogens with one attached hydrogen (secondary N) is 1. The highest BCUT2D eigenvalue weighted by molar-refractivity contribution is 6.44. The lowest BCUT2D eigenvalue weighted by Crippen LogP contribution is -2.54. The summed E-state index contributed by atoms with van der Waals surface area (Å²) in [6.07, 6.45) is 4.62. The maximum atomic E-state index is 12.5. The zero-order valence-corrected chi connectivity index (χ0v) is 13.0. The van der Waals surface area contributed by atoms with Crippen molar-refractivity contribution in [3.63, 3.8) is 0 Å². The topological polar surface area (TPSA) is 62.6 Å². The van der Waals surface area contributed by atoms with E-state index in [2.05, 4.69) is 10.2 Å². The predicted molar refractivity (Wildman–Crippen MR) is 86.3 cm³/mol. The number of hydrogen-bond donors (Lipinski definition) is 1. The second kappa shape index (κ2) is 5.81. The van der Waals surface area contributed by atoms with Gasteiger partial charge >= 0.3 is 0 Å². The number of amides is 1. The average Bonchev–Trinajstić information content (AvgIpc) is 3.01. The number of carbonyl (C=O) groups is 2. The van der Waals surface area contributed by atoms with Crippen molar-refractivity contribution in [3.05, 3.63) is 36.1 Å². The molecule has 2 aromatic rings. The molecule has 2 aliphatic rings. The van der Waals surface area contributed by atoms with E-state index >= 15 is 0 Å². The number of carbonyl (C=O) groups excluding carboxylic acids is 2. The van der Waals surface area contributed by atoms with Gasteiger partial charge < -0.3 is 14.6 Å². The van der Waals surface area contributed by atoms with Crippen LogP contribution in [0.5, 0.6) is 0 Å². The van der Waals surface area contributed by atoms with Gasteiger partial charge in [-0.3, -0.25) is 9.59 Å². The average molecular weight is 312 g/mol. The summed E-state index contributed by atoms with van der Waals surface area (Å²) >= 11 is 0. The van der Waals surface area contributed by atoms with Crippen LogP contribution in [0.25, 0.3) is 11.0 Å². The smallest absolute Gasteiger partial charge is 0.292 e. The summed E-state index contributed by atoms with van der Waals surface area (Å²) < 4.78 is 5.37. The molecular weight excluding hydrogens is 292 g/mol. The number of fused-ring (bicyclic) bond motifs is 3. The quantitative estimate of drug-likeness (QED) is 0.697. The molecule has 2 fully saturated rings. The van der Waals surface area contributed by atoms with E-state index in [0.29, 0.717) is 22.5 Å². The minimum Gasteiger partial charge on any atom is -0.464 e. The van der Waals surface area contributed by atoms with Crippen LogP contribution in [-0.2, 0) is 4.79 Å². The van der Waals surface area contributed by atoms with Gasteiger partial charge in [-0.1, -0.05) is 18.2 Å². The van der Waals surface area contributed by atoms with E-state index < -0.39 is 11.7 Å². The molecule has 1 amide bonds. The highest BCUT2D eigenvalue weighted by Gasteiger charge is 2.34. The standard InChI is InChI=1S/C18H20N2O3/c21-17(14-11-23-16-6-2-1-5-13(14)16)18(22)19-15-7-9-20-8-3-4-12(15)10-20/h1-2,5-6,11-12,15H,3-4,7-10H2,(H,19,22). The van der Waals surface area contributed by atoms with Gasteiger partial charge in [-0.25, -0.2) is 0 Å². The van der Waals surface area contributed by atoms with Crippen molar-refractivity contribution in [2.24, 2.45) is 5.92 Å². The fourth-order valence-corrected chi connectivity index (χ4v) is 3.88. The first-order chi connectivity index (χ1) is 11.2. The number of furan rings is 1. The molecular formula is C18H20N2O3. The van der Waals surface area contributed by atoms with E-state index in [-0.39, 0.29) is 6.04 Å². The van der Waals surface area contributed by atoms with Gasteiger partial charge in [0, 0.05) is 24.5 Å². The molecule has 120 valence electrons. The lowest BCUT2D eigenvalue weighted by Gasteiger charge is -2.42. The summed E-state index contributed by atoms with van der Waals surface area (Å²) in [4.78, 5) is 27.3. The van der Waals surface area contributed by atoms with Gasteiger partial charge in [0.2, 0.25) is 0 Å². The molecule has 3 atom stereocenters. The van der Waals surface area contributed by atoms with Gasteiger partial charge in [0.05, 0.1) is 5.56 Å². The third kappa shape index (κ3) is 2.65. The first-order valence-corrected chi connectivity index (χ1v) is 8.26. The Labute approximate surface area is 134 Å². The number of hydrogen-bond acceptors (Lipinski definition) is 4. The van der Waals surface area contributed by atoms with Gasteiger partial charge in [0.15, 0.2) is 0 Å². The summed E-state index contributed by atoms with van der Waals surface area (Å²) in [6.45, 7) is 3.20. The van der Waals surface area contributed by atoms with Crippen molar-refractivity contribution in [3.8, 4) is 0 Å². The molecule has 0 saturated carbocycles. The molecule has 1 aromatic carbocycles. The third-order valence-corrected chi connectivity index (χ3v) is 5.12. The van der Waals surface area contributed by atoms with Crippen LogP contribution in [0.3, 0.4) is 0 Å². The van der Waals surface area contributed by atoms with Gasteiger partial charge in [0.1, 0.15) is 11.8 Å². The Balaban J connectivity index is 1.49. The molecule has 0 radical (unpaired) electrons. The molecule has 2 saturated heterocycles. The van der Waals surface area contributed by atoms with Gasteiger partial charge in [0.25, 0.3) is 11.7 Å². The van der Waals surface area contributed by atoms with Crippen molar-refractivity contribution in [1.29, 1.82) is 0 Å². The van der Waals surface area contributed by atoms with E-state index in [9.17, 15) is 9.59 Å². The molecule has 2 aliphatic heterocycles. The predicted octanol–water partition coefficient (Wildman–Crippen LogP) is 2.22. The van der Waals surface area contributed by atoms with Crippen LogP contribution >= 0.6 is 0 Å². The van der Waals surface area contributed by atoms with Crippen molar-refractivity contribution < 1.29 is 14.0 Å².